The smallest absolute Gasteiger partial charge is 0.406 e. The van der Waals surface area contributed by atoms with Crippen LogP contribution >= 0.6 is 11.3 Å². The van der Waals surface area contributed by atoms with E-state index in [9.17, 15) is 13.2 Å². The fourth-order valence-electron chi connectivity index (χ4n) is 3.61. The number of nitrogens with two attached hydrogens (primary N) is 1. The average molecular weight is 479 g/mol. The highest BCUT2D eigenvalue weighted by atomic mass is 32.1. The first kappa shape index (κ1) is 23.3. The summed E-state index contributed by atoms with van der Waals surface area (Å²) in [6.45, 7) is 4.46. The molecule has 4 rings (SSSR count). The molecule has 1 saturated heterocycles. The molecule has 0 radical (unpaired) electrons. The lowest BCUT2D eigenvalue weighted by Crippen LogP contribution is -2.36. The summed E-state index contributed by atoms with van der Waals surface area (Å²) in [5.41, 5.74) is 9.54. The number of anilines is 1. The predicted octanol–water partition coefficient (Wildman–Crippen LogP) is 4.53. The maximum absolute atomic E-state index is 12.4. The van der Waals surface area contributed by atoms with Crippen LogP contribution in [0.5, 0.6) is 5.75 Å². The number of rotatable bonds is 7. The zero-order chi connectivity index (χ0) is 23.3. The summed E-state index contributed by atoms with van der Waals surface area (Å²) in [5, 5.41) is 2.04. The van der Waals surface area contributed by atoms with Crippen molar-refractivity contribution >= 4 is 22.7 Å². The second kappa shape index (κ2) is 10.4. The minimum atomic E-state index is -4.72. The zero-order valence-corrected chi connectivity index (χ0v) is 18.7. The molecule has 33 heavy (non-hydrogen) atoms. The molecule has 3 aromatic rings. The van der Waals surface area contributed by atoms with Gasteiger partial charge < -0.3 is 24.7 Å². The Morgan fingerprint density at radius 3 is 2.36 bits per heavy atom. The van der Waals surface area contributed by atoms with Crippen molar-refractivity contribution in [1.82, 2.24) is 4.57 Å². The minimum Gasteiger partial charge on any atom is -0.406 e. The molecule has 0 spiro atoms. The van der Waals surface area contributed by atoms with E-state index in [-0.39, 0.29) is 5.75 Å². The summed E-state index contributed by atoms with van der Waals surface area (Å²) in [7, 11) is 0. The van der Waals surface area contributed by atoms with Crippen molar-refractivity contribution in [3.05, 3.63) is 58.7 Å². The molecule has 0 amide bonds. The van der Waals surface area contributed by atoms with Crippen molar-refractivity contribution in [1.29, 1.82) is 0 Å². The monoisotopic (exact) mass is 478 g/mol. The molecular weight excluding hydrogens is 453 g/mol. The molecule has 1 aromatic heterocycles. The van der Waals surface area contributed by atoms with Gasteiger partial charge in [0.1, 0.15) is 5.75 Å². The topological polar surface area (TPSA) is 65.0 Å². The van der Waals surface area contributed by atoms with Gasteiger partial charge in [0.2, 0.25) is 0 Å². The van der Waals surface area contributed by atoms with Crippen LogP contribution in [-0.4, -0.2) is 43.8 Å². The van der Waals surface area contributed by atoms with E-state index in [1.807, 2.05) is 5.38 Å². The first-order valence-electron chi connectivity index (χ1n) is 10.6. The Hall–Kier alpha value is -2.82. The van der Waals surface area contributed by atoms with E-state index < -0.39 is 6.36 Å². The number of benzene rings is 2. The second-order valence-electron chi connectivity index (χ2n) is 7.50. The molecule has 0 bridgehead atoms. The van der Waals surface area contributed by atoms with Gasteiger partial charge in [0.25, 0.3) is 0 Å². The van der Waals surface area contributed by atoms with Crippen molar-refractivity contribution in [3.8, 4) is 17.0 Å². The van der Waals surface area contributed by atoms with Crippen LogP contribution in [0.1, 0.15) is 6.42 Å². The van der Waals surface area contributed by atoms with Crippen molar-refractivity contribution in [2.24, 2.45) is 10.7 Å². The molecule has 1 aliphatic heterocycles. The normalized spacial score (nSPS) is 15.2. The maximum Gasteiger partial charge on any atom is 0.573 e. The number of ether oxygens (including phenoxy) is 2. The molecule has 0 aliphatic carbocycles. The Morgan fingerprint density at radius 2 is 1.73 bits per heavy atom. The number of nitrogens with zero attached hydrogens (tertiary/aromatic N) is 3. The van der Waals surface area contributed by atoms with Crippen LogP contribution in [0.3, 0.4) is 0 Å². The molecule has 176 valence electrons. The Morgan fingerprint density at radius 1 is 1.03 bits per heavy atom. The lowest BCUT2D eigenvalue weighted by molar-refractivity contribution is -0.274. The summed E-state index contributed by atoms with van der Waals surface area (Å²) in [5.74, 6) is -0.273. The molecule has 2 aromatic carbocycles. The predicted molar refractivity (Wildman–Crippen MR) is 123 cm³/mol. The fraction of sp³-hybridized carbons (Fsp3) is 0.348. The highest BCUT2D eigenvalue weighted by Crippen LogP contribution is 2.27. The maximum atomic E-state index is 12.4. The van der Waals surface area contributed by atoms with Gasteiger partial charge in [-0.3, -0.25) is 0 Å². The van der Waals surface area contributed by atoms with Crippen LogP contribution in [0.25, 0.3) is 11.3 Å². The summed E-state index contributed by atoms with van der Waals surface area (Å²) >= 11 is 1.48. The Balaban J connectivity index is 1.61. The second-order valence-corrected chi connectivity index (χ2v) is 8.33. The number of hydrogen-bond acceptors (Lipinski definition) is 6. The van der Waals surface area contributed by atoms with Crippen molar-refractivity contribution in [2.45, 2.75) is 19.3 Å². The number of morpholine rings is 1. The van der Waals surface area contributed by atoms with Crippen LogP contribution < -0.4 is 20.2 Å². The van der Waals surface area contributed by atoms with Gasteiger partial charge >= 0.3 is 6.36 Å². The van der Waals surface area contributed by atoms with Gasteiger partial charge in [-0.05, 0) is 54.9 Å². The van der Waals surface area contributed by atoms with Crippen LogP contribution in [0.2, 0.25) is 0 Å². The molecule has 6 nitrogen and oxygen atoms in total. The third kappa shape index (κ3) is 6.16. The van der Waals surface area contributed by atoms with E-state index in [2.05, 4.69) is 43.5 Å². The van der Waals surface area contributed by atoms with E-state index in [0.29, 0.717) is 18.8 Å². The van der Waals surface area contributed by atoms with E-state index in [4.69, 9.17) is 10.5 Å². The van der Waals surface area contributed by atoms with Gasteiger partial charge in [-0.1, -0.05) is 12.1 Å². The van der Waals surface area contributed by atoms with E-state index in [1.165, 1.54) is 35.6 Å². The van der Waals surface area contributed by atoms with Gasteiger partial charge in [-0.15, -0.1) is 24.5 Å². The molecule has 0 saturated carbocycles. The Kier molecular flexibility index (Phi) is 7.36. The Labute approximate surface area is 193 Å². The number of hydrogen-bond donors (Lipinski definition) is 1. The lowest BCUT2D eigenvalue weighted by Gasteiger charge is -2.28. The number of alkyl halides is 3. The summed E-state index contributed by atoms with van der Waals surface area (Å²) in [4.78, 5) is 7.70. The van der Waals surface area contributed by atoms with Crippen molar-refractivity contribution < 1.29 is 22.6 Å². The van der Waals surface area contributed by atoms with Crippen molar-refractivity contribution in [2.75, 3.05) is 37.7 Å². The quantitative estimate of drug-likeness (QED) is 0.542. The van der Waals surface area contributed by atoms with Gasteiger partial charge in [0.05, 0.1) is 24.6 Å². The SMILES string of the molecule is NCCCn1c(-c2ccc(N3CCOCC3)cc2)csc1=Nc1ccc(OC(F)(F)F)cc1. The third-order valence-electron chi connectivity index (χ3n) is 5.22. The number of thiazole rings is 1. The van der Waals surface area contributed by atoms with Crippen LogP contribution in [0, 0.1) is 0 Å². The van der Waals surface area contributed by atoms with Gasteiger partial charge in [0.15, 0.2) is 4.80 Å². The standard InChI is InChI=1S/C23H25F3N4O2S/c24-23(25,26)32-20-8-4-18(5-9-20)28-22-30(11-1-10-27)21(16-33-22)17-2-6-19(7-3-17)29-12-14-31-15-13-29/h2-9,16H,1,10-15,27H2. The lowest BCUT2D eigenvalue weighted by atomic mass is 10.1. The molecule has 2 heterocycles. The van der Waals surface area contributed by atoms with E-state index >= 15 is 0 Å². The number of aromatic nitrogens is 1. The molecule has 10 heteroatoms. The fourth-order valence-corrected chi connectivity index (χ4v) is 4.57. The van der Waals surface area contributed by atoms with Crippen LogP contribution in [-0.2, 0) is 11.3 Å². The molecule has 2 N–H and O–H groups in total. The zero-order valence-electron chi connectivity index (χ0n) is 17.9. The molecule has 1 aliphatic rings. The van der Waals surface area contributed by atoms with Crippen molar-refractivity contribution in [3.63, 3.8) is 0 Å². The van der Waals surface area contributed by atoms with E-state index in [0.717, 1.165) is 54.5 Å². The average Bonchev–Trinajstić information content (AvgIpc) is 3.21. The molecular formula is C23H25F3N4O2S. The molecule has 1 fully saturated rings. The van der Waals surface area contributed by atoms with Crippen LogP contribution in [0.4, 0.5) is 24.5 Å². The third-order valence-corrected chi connectivity index (χ3v) is 6.08. The van der Waals surface area contributed by atoms with Gasteiger partial charge in [-0.2, -0.15) is 0 Å². The van der Waals surface area contributed by atoms with Crippen LogP contribution in [0.15, 0.2) is 58.9 Å². The highest BCUT2D eigenvalue weighted by molar-refractivity contribution is 7.07. The first-order valence-corrected chi connectivity index (χ1v) is 11.5. The molecule has 0 unspecified atom stereocenters. The first-order chi connectivity index (χ1) is 15.9. The summed E-state index contributed by atoms with van der Waals surface area (Å²) < 4.78 is 48.6. The largest absolute Gasteiger partial charge is 0.573 e. The molecule has 0 atom stereocenters. The van der Waals surface area contributed by atoms with Gasteiger partial charge in [0, 0.05) is 30.7 Å². The number of halogens is 3. The highest BCUT2D eigenvalue weighted by Gasteiger charge is 2.30. The van der Waals surface area contributed by atoms with E-state index in [1.54, 1.807) is 0 Å². The summed E-state index contributed by atoms with van der Waals surface area (Å²) in [6, 6.07) is 13.9. The minimum absolute atomic E-state index is 0.273. The van der Waals surface area contributed by atoms with Gasteiger partial charge in [-0.25, -0.2) is 4.99 Å². The Bertz CT molecular complexity index is 1100. The summed E-state index contributed by atoms with van der Waals surface area (Å²) in [6.07, 6.45) is -3.94.